The Morgan fingerprint density at radius 1 is 1.03 bits per heavy atom. The second-order valence-corrected chi connectivity index (χ2v) is 8.49. The maximum atomic E-state index is 13.1. The van der Waals surface area contributed by atoms with Crippen molar-refractivity contribution in [1.82, 2.24) is 0 Å². The molecule has 11 nitrogen and oxygen atoms in total. The number of nitrogen functional groups attached to an aromatic ring is 1. The van der Waals surface area contributed by atoms with E-state index in [1.165, 1.54) is 25.3 Å². The molecule has 0 heterocycles. The number of carbonyl (C=O) groups is 3. The number of carbonyl (C=O) groups excluding carboxylic acids is 2. The van der Waals surface area contributed by atoms with Gasteiger partial charge in [0.25, 0.3) is 5.91 Å². The van der Waals surface area contributed by atoms with E-state index in [0.717, 1.165) is 0 Å². The third kappa shape index (κ3) is 7.62. The number of hydrogen-bond acceptors (Lipinski definition) is 8. The molecule has 0 fully saturated rings. The number of carboxylic acid groups (broad SMARTS) is 1. The summed E-state index contributed by atoms with van der Waals surface area (Å²) >= 11 is 6.17. The van der Waals surface area contributed by atoms with Gasteiger partial charge in [0.15, 0.2) is 18.1 Å². The summed E-state index contributed by atoms with van der Waals surface area (Å²) in [5.74, 6) is -2.07. The molecule has 12 heteroatoms. The van der Waals surface area contributed by atoms with Gasteiger partial charge < -0.3 is 35.7 Å². The maximum absolute atomic E-state index is 13.1. The van der Waals surface area contributed by atoms with Gasteiger partial charge in [-0.1, -0.05) is 11.6 Å². The third-order valence-electron chi connectivity index (χ3n) is 5.34. The molecule has 0 unspecified atom stereocenters. The highest BCUT2D eigenvalue weighted by molar-refractivity contribution is 6.31. The highest BCUT2D eigenvalue weighted by Gasteiger charge is 2.20. The van der Waals surface area contributed by atoms with E-state index >= 15 is 0 Å². The van der Waals surface area contributed by atoms with Crippen LogP contribution in [0, 0.1) is 5.41 Å². The Kier molecular flexibility index (Phi) is 9.71. The van der Waals surface area contributed by atoms with Gasteiger partial charge in [0.2, 0.25) is 0 Å². The molecule has 0 aliphatic heterocycles. The first-order chi connectivity index (χ1) is 18.6. The number of benzene rings is 3. The minimum absolute atomic E-state index is 0.0229. The Hall–Kier alpha value is -4.77. The predicted octanol–water partition coefficient (Wildman–Crippen LogP) is 4.14. The minimum Gasteiger partial charge on any atom is -0.490 e. The second-order valence-electron chi connectivity index (χ2n) is 8.06. The first kappa shape index (κ1) is 28.8. The molecule has 1 amide bonds. The predicted molar refractivity (Wildman–Crippen MR) is 146 cm³/mol. The number of aliphatic carboxylic acids is 1. The molecule has 3 aromatic rings. The van der Waals surface area contributed by atoms with Crippen LogP contribution in [0.2, 0.25) is 5.02 Å². The van der Waals surface area contributed by atoms with Gasteiger partial charge in [-0.15, -0.1) is 0 Å². The number of methoxy groups -OCH3 is 1. The summed E-state index contributed by atoms with van der Waals surface area (Å²) in [6.45, 7) is 1.35. The Morgan fingerprint density at radius 2 is 1.74 bits per heavy atom. The number of anilines is 2. The van der Waals surface area contributed by atoms with Crippen LogP contribution in [0.5, 0.6) is 11.5 Å². The first-order valence-electron chi connectivity index (χ1n) is 11.6. The molecule has 39 heavy (non-hydrogen) atoms. The molecular weight excluding hydrogens is 528 g/mol. The van der Waals surface area contributed by atoms with Gasteiger partial charge >= 0.3 is 11.9 Å². The molecule has 0 spiro atoms. The van der Waals surface area contributed by atoms with E-state index in [1.807, 2.05) is 0 Å². The van der Waals surface area contributed by atoms with Crippen molar-refractivity contribution in [3.05, 3.63) is 81.9 Å². The van der Waals surface area contributed by atoms with Gasteiger partial charge in [-0.05, 0) is 61.5 Å². The Morgan fingerprint density at radius 3 is 2.36 bits per heavy atom. The van der Waals surface area contributed by atoms with Gasteiger partial charge in [0.05, 0.1) is 24.8 Å². The number of amidine groups is 1. The third-order valence-corrected chi connectivity index (χ3v) is 5.58. The number of esters is 1. The van der Waals surface area contributed by atoms with Crippen molar-refractivity contribution in [2.24, 2.45) is 5.73 Å². The molecule has 0 atom stereocenters. The zero-order valence-corrected chi connectivity index (χ0v) is 21.9. The van der Waals surface area contributed by atoms with Crippen molar-refractivity contribution in [2.75, 3.05) is 31.0 Å². The Bertz CT molecular complexity index is 1390. The molecule has 3 rings (SSSR count). The van der Waals surface area contributed by atoms with Gasteiger partial charge in [0, 0.05) is 34.1 Å². The number of nitrogens with two attached hydrogens (primary N) is 1. The molecular formula is C27H27ClN4O7. The number of amides is 1. The van der Waals surface area contributed by atoms with Crippen LogP contribution in [0.3, 0.4) is 0 Å². The quantitative estimate of drug-likeness (QED) is 0.125. The lowest BCUT2D eigenvalue weighted by Crippen LogP contribution is -2.17. The van der Waals surface area contributed by atoms with Gasteiger partial charge in [-0.2, -0.15) is 0 Å². The fraction of sp³-hybridized carbons (Fsp3) is 0.185. The van der Waals surface area contributed by atoms with E-state index in [2.05, 4.69) is 10.6 Å². The van der Waals surface area contributed by atoms with E-state index in [0.29, 0.717) is 27.5 Å². The van der Waals surface area contributed by atoms with E-state index < -0.39 is 24.5 Å². The lowest BCUT2D eigenvalue weighted by Gasteiger charge is -2.18. The zero-order valence-electron chi connectivity index (χ0n) is 21.2. The van der Waals surface area contributed by atoms with Crippen molar-refractivity contribution >= 4 is 46.7 Å². The van der Waals surface area contributed by atoms with Crippen LogP contribution in [0.25, 0.3) is 0 Å². The normalized spacial score (nSPS) is 10.3. The smallest absolute Gasteiger partial charge is 0.341 e. The van der Waals surface area contributed by atoms with Crippen LogP contribution in [0.15, 0.2) is 54.6 Å². The summed E-state index contributed by atoms with van der Waals surface area (Å²) in [7, 11) is 1.24. The average Bonchev–Trinajstić information content (AvgIpc) is 2.91. The summed E-state index contributed by atoms with van der Waals surface area (Å²) in [6, 6.07) is 14.1. The molecule has 0 aliphatic rings. The molecule has 0 bridgehead atoms. The first-order valence-corrected chi connectivity index (χ1v) is 12.0. The summed E-state index contributed by atoms with van der Waals surface area (Å²) in [4.78, 5) is 36.6. The fourth-order valence-corrected chi connectivity index (χ4v) is 3.74. The summed E-state index contributed by atoms with van der Waals surface area (Å²) < 4.78 is 15.9. The van der Waals surface area contributed by atoms with Gasteiger partial charge in [-0.3, -0.25) is 10.2 Å². The lowest BCUT2D eigenvalue weighted by atomic mass is 10.1. The maximum Gasteiger partial charge on any atom is 0.341 e. The van der Waals surface area contributed by atoms with Crippen LogP contribution in [-0.4, -0.2) is 49.1 Å². The van der Waals surface area contributed by atoms with Crippen LogP contribution >= 0.6 is 11.6 Å². The zero-order chi connectivity index (χ0) is 28.5. The molecule has 3 aromatic carbocycles. The molecule has 204 valence electrons. The number of nitrogens with one attached hydrogen (secondary N) is 3. The van der Waals surface area contributed by atoms with Crippen LogP contribution in [0.4, 0.5) is 11.4 Å². The van der Waals surface area contributed by atoms with Crippen LogP contribution < -0.4 is 25.8 Å². The molecule has 0 saturated carbocycles. The van der Waals surface area contributed by atoms with Crippen LogP contribution in [-0.2, 0) is 16.1 Å². The van der Waals surface area contributed by atoms with E-state index in [9.17, 15) is 14.4 Å². The number of rotatable bonds is 12. The largest absolute Gasteiger partial charge is 0.490 e. The lowest BCUT2D eigenvalue weighted by molar-refractivity contribution is -0.139. The summed E-state index contributed by atoms with van der Waals surface area (Å²) in [5.41, 5.74) is 7.66. The fourth-order valence-electron chi connectivity index (χ4n) is 3.57. The van der Waals surface area contributed by atoms with Crippen molar-refractivity contribution in [1.29, 1.82) is 5.41 Å². The average molecular weight is 555 g/mol. The second kappa shape index (κ2) is 13.2. The topological polar surface area (TPSA) is 173 Å². The summed E-state index contributed by atoms with van der Waals surface area (Å²) in [6.07, 6.45) is 0. The van der Waals surface area contributed by atoms with Crippen molar-refractivity contribution in [3.63, 3.8) is 0 Å². The van der Waals surface area contributed by atoms with Crippen LogP contribution in [0.1, 0.15) is 38.8 Å². The number of hydrogen-bond donors (Lipinski definition) is 5. The van der Waals surface area contributed by atoms with Gasteiger partial charge in [-0.25, -0.2) is 9.59 Å². The minimum atomic E-state index is -1.19. The SMILES string of the molecule is CCOc1cc(C(=O)OC)cc(CNc2ccc(Cl)cc2C(=O)Nc2ccc(C(=N)N)cc2)c1OCC(=O)O. The van der Waals surface area contributed by atoms with E-state index in [1.54, 1.807) is 43.3 Å². The van der Waals surface area contributed by atoms with E-state index in [4.69, 9.17) is 42.1 Å². The number of ether oxygens (including phenoxy) is 3. The molecule has 0 aliphatic carbocycles. The van der Waals surface area contributed by atoms with Gasteiger partial charge in [0.1, 0.15) is 5.84 Å². The monoisotopic (exact) mass is 554 g/mol. The summed E-state index contributed by atoms with van der Waals surface area (Å²) in [5, 5.41) is 22.9. The standard InChI is InChI=1S/C27H27ClN4O7/c1-3-38-22-11-16(27(36)37-2)10-17(24(22)39-14-23(33)34)13-31-21-9-6-18(28)12-20(21)26(35)32-19-7-4-15(5-8-19)25(29)30/h4-12,31H,3,13-14H2,1-2H3,(H3,29,30)(H,32,35)(H,33,34). The highest BCUT2D eigenvalue weighted by atomic mass is 35.5. The molecule has 6 N–H and O–H groups in total. The number of carboxylic acids is 1. The van der Waals surface area contributed by atoms with E-state index in [-0.39, 0.29) is 41.6 Å². The number of halogens is 1. The Labute approximate surface area is 229 Å². The molecule has 0 saturated heterocycles. The Balaban J connectivity index is 1.93. The van der Waals surface area contributed by atoms with Crippen molar-refractivity contribution < 1.29 is 33.7 Å². The molecule has 0 radical (unpaired) electrons. The van der Waals surface area contributed by atoms with Crippen molar-refractivity contribution in [2.45, 2.75) is 13.5 Å². The van der Waals surface area contributed by atoms with Crippen molar-refractivity contribution in [3.8, 4) is 11.5 Å². The molecule has 0 aromatic heterocycles. The highest BCUT2D eigenvalue weighted by Crippen LogP contribution is 2.35.